The molecule has 2 heterocycles. The van der Waals surface area contributed by atoms with E-state index in [1.54, 1.807) is 37.1 Å². The lowest BCUT2D eigenvalue weighted by Crippen LogP contribution is -2.46. The quantitative estimate of drug-likeness (QED) is 0.316. The Hall–Kier alpha value is -3.29. The van der Waals surface area contributed by atoms with E-state index in [0.29, 0.717) is 27.8 Å². The van der Waals surface area contributed by atoms with Gasteiger partial charge in [0.15, 0.2) is 0 Å². The van der Waals surface area contributed by atoms with Crippen LogP contribution in [0.5, 0.6) is 5.75 Å². The third-order valence-electron chi connectivity index (χ3n) is 6.45. The molecule has 0 radical (unpaired) electrons. The Morgan fingerprint density at radius 2 is 2.05 bits per heavy atom. The SMILES string of the molecule is COc1cc(SC)ccc1NCC#Cc1cc(C(=O)NC2CCCN(C)C2)c2ccn(CC(F)(F)F)c2c1. The number of alkyl halides is 3. The number of ether oxygens (including phenoxy) is 1. The molecule has 1 atom stereocenters. The zero-order valence-electron chi connectivity index (χ0n) is 21.6. The monoisotopic (exact) mass is 544 g/mol. The maximum atomic E-state index is 13.3. The third kappa shape index (κ3) is 6.97. The Labute approximate surface area is 224 Å². The average Bonchev–Trinajstić information content (AvgIpc) is 3.27. The Morgan fingerprint density at radius 1 is 1.24 bits per heavy atom. The van der Waals surface area contributed by atoms with Crippen LogP contribution >= 0.6 is 11.8 Å². The smallest absolute Gasteiger partial charge is 0.406 e. The molecule has 3 aromatic rings. The number of hydrogen-bond donors (Lipinski definition) is 2. The fourth-order valence-corrected chi connectivity index (χ4v) is 5.09. The Balaban J connectivity index is 1.60. The van der Waals surface area contributed by atoms with E-state index in [1.807, 2.05) is 31.5 Å². The fourth-order valence-electron chi connectivity index (χ4n) is 4.66. The molecule has 10 heteroatoms. The van der Waals surface area contributed by atoms with Crippen LogP contribution < -0.4 is 15.4 Å². The lowest BCUT2D eigenvalue weighted by molar-refractivity contribution is -0.139. The van der Waals surface area contributed by atoms with E-state index in [0.717, 1.165) is 41.1 Å². The molecule has 1 amide bonds. The van der Waals surface area contributed by atoms with Gasteiger partial charge < -0.3 is 24.8 Å². The number of likely N-dealkylation sites (N-methyl/N-ethyl adjacent to an activating group) is 1. The highest BCUT2D eigenvalue weighted by Gasteiger charge is 2.29. The first-order valence-corrected chi connectivity index (χ1v) is 13.5. The Bertz CT molecular complexity index is 1360. The molecule has 2 N–H and O–H groups in total. The van der Waals surface area contributed by atoms with Gasteiger partial charge in [0.25, 0.3) is 5.91 Å². The molecule has 0 aliphatic carbocycles. The molecule has 2 aromatic carbocycles. The fraction of sp³-hybridized carbons (Fsp3) is 0.393. The first-order valence-electron chi connectivity index (χ1n) is 12.3. The summed E-state index contributed by atoms with van der Waals surface area (Å²) in [5.74, 6) is 6.42. The second-order valence-electron chi connectivity index (χ2n) is 9.31. The molecule has 38 heavy (non-hydrogen) atoms. The lowest BCUT2D eigenvalue weighted by atomic mass is 10.0. The number of halogens is 3. The normalized spacial score (nSPS) is 16.1. The topological polar surface area (TPSA) is 58.5 Å². The summed E-state index contributed by atoms with van der Waals surface area (Å²) in [6, 6.07) is 10.6. The van der Waals surface area contributed by atoms with Gasteiger partial charge in [0, 0.05) is 40.2 Å². The number of likely N-dealkylation sites (tertiary alicyclic amines) is 1. The van der Waals surface area contributed by atoms with E-state index in [4.69, 9.17) is 4.74 Å². The first-order chi connectivity index (χ1) is 18.2. The predicted molar refractivity (Wildman–Crippen MR) is 146 cm³/mol. The van der Waals surface area contributed by atoms with Crippen molar-refractivity contribution < 1.29 is 22.7 Å². The van der Waals surface area contributed by atoms with Crippen molar-refractivity contribution in [2.24, 2.45) is 0 Å². The molecule has 1 unspecified atom stereocenters. The summed E-state index contributed by atoms with van der Waals surface area (Å²) in [6.45, 7) is 0.849. The average molecular weight is 545 g/mol. The molecule has 0 bridgehead atoms. The summed E-state index contributed by atoms with van der Waals surface area (Å²) >= 11 is 1.61. The highest BCUT2D eigenvalue weighted by molar-refractivity contribution is 7.98. The molecule has 6 nitrogen and oxygen atoms in total. The molecule has 1 aromatic heterocycles. The lowest BCUT2D eigenvalue weighted by Gasteiger charge is -2.30. The largest absolute Gasteiger partial charge is 0.495 e. The minimum Gasteiger partial charge on any atom is -0.495 e. The van der Waals surface area contributed by atoms with Gasteiger partial charge in [-0.25, -0.2) is 0 Å². The van der Waals surface area contributed by atoms with Crippen LogP contribution in [-0.2, 0) is 6.54 Å². The Morgan fingerprint density at radius 3 is 2.76 bits per heavy atom. The first kappa shape index (κ1) is 27.7. The molecule has 202 valence electrons. The minimum absolute atomic E-state index is 0.0139. The van der Waals surface area contributed by atoms with Gasteiger partial charge in [-0.1, -0.05) is 11.8 Å². The molecule has 4 rings (SSSR count). The Kier molecular flexibility index (Phi) is 8.80. The summed E-state index contributed by atoms with van der Waals surface area (Å²) in [7, 11) is 3.60. The van der Waals surface area contributed by atoms with Crippen molar-refractivity contribution in [3.05, 3.63) is 53.7 Å². The van der Waals surface area contributed by atoms with E-state index in [9.17, 15) is 18.0 Å². The maximum absolute atomic E-state index is 13.3. The van der Waals surface area contributed by atoms with Crippen LogP contribution in [0.1, 0.15) is 28.8 Å². The van der Waals surface area contributed by atoms with Gasteiger partial charge in [-0.2, -0.15) is 13.2 Å². The van der Waals surface area contributed by atoms with Gasteiger partial charge in [-0.3, -0.25) is 4.79 Å². The number of nitrogens with zero attached hydrogens (tertiary/aromatic N) is 2. The number of carbonyl (C=O) groups is 1. The number of fused-ring (bicyclic) bond motifs is 1. The van der Waals surface area contributed by atoms with E-state index < -0.39 is 12.7 Å². The van der Waals surface area contributed by atoms with Gasteiger partial charge >= 0.3 is 6.18 Å². The predicted octanol–water partition coefficient (Wildman–Crippen LogP) is 5.22. The van der Waals surface area contributed by atoms with Crippen LogP contribution in [0.3, 0.4) is 0 Å². The van der Waals surface area contributed by atoms with Crippen molar-refractivity contribution in [1.29, 1.82) is 0 Å². The molecule has 1 aliphatic rings. The van der Waals surface area contributed by atoms with Crippen LogP contribution in [-0.4, -0.2) is 67.6 Å². The van der Waals surface area contributed by atoms with Gasteiger partial charge in [0.05, 0.1) is 24.9 Å². The van der Waals surface area contributed by atoms with Gasteiger partial charge in [-0.05, 0) is 69.1 Å². The number of anilines is 1. The summed E-state index contributed by atoms with van der Waals surface area (Å²) in [4.78, 5) is 16.5. The van der Waals surface area contributed by atoms with Crippen molar-refractivity contribution in [3.8, 4) is 17.6 Å². The van der Waals surface area contributed by atoms with Crippen LogP contribution in [0.15, 0.2) is 47.5 Å². The number of hydrogen-bond acceptors (Lipinski definition) is 5. The number of methoxy groups -OCH3 is 1. The second-order valence-corrected chi connectivity index (χ2v) is 10.2. The number of amides is 1. The number of nitrogens with one attached hydrogen (secondary N) is 2. The number of aromatic nitrogens is 1. The highest BCUT2D eigenvalue weighted by Crippen LogP contribution is 2.29. The highest BCUT2D eigenvalue weighted by atomic mass is 32.2. The molecular formula is C28H31F3N4O2S. The van der Waals surface area contributed by atoms with E-state index >= 15 is 0 Å². The van der Waals surface area contributed by atoms with Crippen molar-refractivity contribution in [3.63, 3.8) is 0 Å². The van der Waals surface area contributed by atoms with Crippen molar-refractivity contribution >= 4 is 34.3 Å². The zero-order valence-corrected chi connectivity index (χ0v) is 22.4. The standard InChI is InChI=1S/C28H31F3N4O2S/c1-34-12-5-7-20(17-34)33-27(36)23-14-19(15-25-22(23)10-13-35(25)18-28(29,30)31)6-4-11-32-24-9-8-21(38-3)16-26(24)37-2/h8-10,13-16,20,32H,5,7,11-12,17-18H2,1-3H3,(H,33,36). The maximum Gasteiger partial charge on any atom is 0.406 e. The van der Waals surface area contributed by atoms with E-state index in [-0.39, 0.29) is 18.5 Å². The van der Waals surface area contributed by atoms with Gasteiger partial charge in [-0.15, -0.1) is 11.8 Å². The van der Waals surface area contributed by atoms with Crippen LogP contribution in [0.2, 0.25) is 0 Å². The summed E-state index contributed by atoms with van der Waals surface area (Å²) in [6.07, 6.45) is 0.796. The van der Waals surface area contributed by atoms with Gasteiger partial charge in [0.1, 0.15) is 12.3 Å². The van der Waals surface area contributed by atoms with Crippen LogP contribution in [0.4, 0.5) is 18.9 Å². The van der Waals surface area contributed by atoms with Crippen LogP contribution in [0, 0.1) is 11.8 Å². The van der Waals surface area contributed by atoms with Crippen molar-refractivity contribution in [2.45, 2.75) is 36.5 Å². The number of benzene rings is 2. The number of piperidine rings is 1. The summed E-state index contributed by atoms with van der Waals surface area (Å²) in [5.41, 5.74) is 1.90. The van der Waals surface area contributed by atoms with Crippen molar-refractivity contribution in [2.75, 3.05) is 45.4 Å². The number of carbonyl (C=O) groups excluding carboxylic acids is 1. The molecular weight excluding hydrogens is 513 g/mol. The van der Waals surface area contributed by atoms with Gasteiger partial charge in [0.2, 0.25) is 0 Å². The number of rotatable bonds is 7. The second kappa shape index (κ2) is 12.0. The number of thioether (sulfide) groups is 1. The summed E-state index contributed by atoms with van der Waals surface area (Å²) < 4.78 is 46.2. The zero-order chi connectivity index (χ0) is 27.3. The van der Waals surface area contributed by atoms with E-state index in [2.05, 4.69) is 27.4 Å². The molecule has 0 spiro atoms. The van der Waals surface area contributed by atoms with Crippen molar-refractivity contribution in [1.82, 2.24) is 14.8 Å². The molecule has 1 fully saturated rings. The van der Waals surface area contributed by atoms with Crippen LogP contribution in [0.25, 0.3) is 10.9 Å². The molecule has 1 aliphatic heterocycles. The molecule has 1 saturated heterocycles. The minimum atomic E-state index is -4.39. The molecule has 0 saturated carbocycles. The third-order valence-corrected chi connectivity index (χ3v) is 7.18. The summed E-state index contributed by atoms with van der Waals surface area (Å²) in [5, 5.41) is 6.75. The van der Waals surface area contributed by atoms with E-state index in [1.165, 1.54) is 6.20 Å².